The minimum atomic E-state index is -1.16. The molecule has 6 aromatic rings. The first-order valence-corrected chi connectivity index (χ1v) is 9.96. The van der Waals surface area contributed by atoms with Gasteiger partial charge >= 0.3 is 17.1 Å². The molecule has 4 aromatic carbocycles. The van der Waals surface area contributed by atoms with Crippen LogP contribution in [0.5, 0.6) is 0 Å². The summed E-state index contributed by atoms with van der Waals surface area (Å²) >= 11 is 0. The summed E-state index contributed by atoms with van der Waals surface area (Å²) in [5.41, 5.74) is 3.53. The number of carboxylic acids is 2. The standard InChI is InChI=1S/2C13H9NO2.Cu/c2*15-13(16)10-6-3-5-9-8-4-1-2-7-11(8)14-12(9)10;/h2*1-7,14H,(H,15,16);/q;;+2/p-2. The van der Waals surface area contributed by atoms with Gasteiger partial charge in [0.05, 0.1) is 23.0 Å². The summed E-state index contributed by atoms with van der Waals surface area (Å²) in [4.78, 5) is 28.1. The Morgan fingerprint density at radius 2 is 0.879 bits per heavy atom. The quantitative estimate of drug-likeness (QED) is 0.368. The van der Waals surface area contributed by atoms with Crippen LogP contribution in [0.1, 0.15) is 20.7 Å². The van der Waals surface area contributed by atoms with E-state index in [0.717, 1.165) is 32.6 Å². The van der Waals surface area contributed by atoms with E-state index in [4.69, 9.17) is 0 Å². The monoisotopic (exact) mass is 483 g/mol. The van der Waals surface area contributed by atoms with Gasteiger partial charge in [0.15, 0.2) is 0 Å². The molecule has 6 nitrogen and oxygen atoms in total. The van der Waals surface area contributed by atoms with Gasteiger partial charge in [-0.25, -0.2) is 0 Å². The Morgan fingerprint density at radius 3 is 1.27 bits per heavy atom. The van der Waals surface area contributed by atoms with Crippen LogP contribution in [0, 0.1) is 0 Å². The largest absolute Gasteiger partial charge is 2.00 e. The van der Waals surface area contributed by atoms with Gasteiger partial charge in [-0.05, 0) is 12.1 Å². The summed E-state index contributed by atoms with van der Waals surface area (Å²) in [6.07, 6.45) is 0. The second kappa shape index (κ2) is 8.82. The molecule has 0 saturated heterocycles. The van der Waals surface area contributed by atoms with Crippen molar-refractivity contribution in [1.82, 2.24) is 9.97 Å². The Kier molecular flexibility index (Phi) is 5.92. The van der Waals surface area contributed by atoms with Crippen LogP contribution in [0.2, 0.25) is 0 Å². The molecule has 0 bridgehead atoms. The van der Waals surface area contributed by atoms with E-state index in [0.29, 0.717) is 11.0 Å². The third-order valence-electron chi connectivity index (χ3n) is 5.52. The number of carboxylic acid groups (broad SMARTS) is 2. The topological polar surface area (TPSA) is 112 Å². The number of H-pyrrole nitrogens is 2. The van der Waals surface area contributed by atoms with Crippen molar-refractivity contribution in [3.8, 4) is 0 Å². The Balaban J connectivity index is 0.000000152. The Labute approximate surface area is 198 Å². The van der Waals surface area contributed by atoms with Crippen molar-refractivity contribution in [2.75, 3.05) is 0 Å². The predicted octanol–water partition coefficient (Wildman–Crippen LogP) is 3.37. The number of aromatic carboxylic acids is 2. The van der Waals surface area contributed by atoms with E-state index in [1.807, 2.05) is 60.7 Å². The van der Waals surface area contributed by atoms with Crippen molar-refractivity contribution in [3.63, 3.8) is 0 Å². The molecule has 0 unspecified atom stereocenters. The minimum Gasteiger partial charge on any atom is -0.545 e. The number of rotatable bonds is 2. The summed E-state index contributed by atoms with van der Waals surface area (Å²) in [6.45, 7) is 0. The zero-order valence-electron chi connectivity index (χ0n) is 17.0. The van der Waals surface area contributed by atoms with E-state index in [-0.39, 0.29) is 28.2 Å². The number of hydrogen-bond acceptors (Lipinski definition) is 4. The van der Waals surface area contributed by atoms with E-state index in [2.05, 4.69) is 9.97 Å². The maximum atomic E-state index is 11.0. The predicted molar refractivity (Wildman–Crippen MR) is 120 cm³/mol. The van der Waals surface area contributed by atoms with Gasteiger partial charge in [-0.15, -0.1) is 0 Å². The summed E-state index contributed by atoms with van der Waals surface area (Å²) in [5, 5.41) is 25.8. The van der Waals surface area contributed by atoms with Crippen LogP contribution >= 0.6 is 0 Å². The van der Waals surface area contributed by atoms with E-state index in [1.54, 1.807) is 24.3 Å². The number of aromatic nitrogens is 2. The fourth-order valence-corrected chi connectivity index (χ4v) is 4.09. The van der Waals surface area contributed by atoms with Crippen molar-refractivity contribution in [1.29, 1.82) is 0 Å². The first-order chi connectivity index (χ1) is 15.5. The number of carbonyl (C=O) groups excluding carboxylic acids is 2. The zero-order valence-corrected chi connectivity index (χ0v) is 18.0. The van der Waals surface area contributed by atoms with Crippen LogP contribution in [-0.4, -0.2) is 21.9 Å². The third-order valence-corrected chi connectivity index (χ3v) is 5.52. The van der Waals surface area contributed by atoms with Gasteiger partial charge in [-0.1, -0.05) is 72.8 Å². The molecule has 6 rings (SSSR count). The Hall–Kier alpha value is -4.06. The van der Waals surface area contributed by atoms with Crippen molar-refractivity contribution in [3.05, 3.63) is 96.1 Å². The number of aromatic amines is 2. The molecule has 0 spiro atoms. The van der Waals surface area contributed by atoms with Gasteiger partial charge in [-0.2, -0.15) is 0 Å². The van der Waals surface area contributed by atoms with Crippen molar-refractivity contribution >= 4 is 55.6 Å². The normalized spacial score (nSPS) is 10.7. The van der Waals surface area contributed by atoms with Crippen LogP contribution in [0.15, 0.2) is 84.9 Å². The van der Waals surface area contributed by atoms with Gasteiger partial charge < -0.3 is 29.8 Å². The zero-order chi connectivity index (χ0) is 22.2. The molecule has 7 heteroatoms. The maximum absolute atomic E-state index is 11.0. The fraction of sp³-hybridized carbons (Fsp3) is 0. The summed E-state index contributed by atoms with van der Waals surface area (Å²) < 4.78 is 0. The molecule has 0 aliphatic rings. The fourth-order valence-electron chi connectivity index (χ4n) is 4.09. The molecule has 0 fully saturated rings. The van der Waals surface area contributed by atoms with Crippen molar-refractivity contribution < 1.29 is 36.9 Å². The summed E-state index contributed by atoms with van der Waals surface area (Å²) in [7, 11) is 0. The number of para-hydroxylation sites is 4. The Bertz CT molecular complexity index is 1520. The van der Waals surface area contributed by atoms with E-state index < -0.39 is 11.9 Å². The molecule has 2 N–H and O–H groups in total. The molecule has 0 atom stereocenters. The van der Waals surface area contributed by atoms with Crippen LogP contribution in [0.25, 0.3) is 43.6 Å². The molecule has 0 amide bonds. The average Bonchev–Trinajstić information content (AvgIpc) is 3.37. The number of nitrogens with one attached hydrogen (secondary N) is 2. The van der Waals surface area contributed by atoms with Crippen LogP contribution in [-0.2, 0) is 17.1 Å². The summed E-state index contributed by atoms with van der Waals surface area (Å²) in [5.74, 6) is -2.31. The third kappa shape index (κ3) is 3.84. The first kappa shape index (κ1) is 22.1. The Morgan fingerprint density at radius 1 is 0.515 bits per heavy atom. The van der Waals surface area contributed by atoms with Gasteiger partial charge in [0.1, 0.15) is 0 Å². The second-order valence-electron chi connectivity index (χ2n) is 7.37. The minimum absolute atomic E-state index is 0. The van der Waals surface area contributed by atoms with Crippen LogP contribution in [0.4, 0.5) is 0 Å². The first-order valence-electron chi connectivity index (χ1n) is 9.96. The van der Waals surface area contributed by atoms with Gasteiger partial charge in [0, 0.05) is 43.7 Å². The van der Waals surface area contributed by atoms with Crippen molar-refractivity contribution in [2.45, 2.75) is 0 Å². The number of benzene rings is 4. The van der Waals surface area contributed by atoms with Crippen LogP contribution in [0.3, 0.4) is 0 Å². The van der Waals surface area contributed by atoms with Gasteiger partial charge in [-0.3, -0.25) is 0 Å². The maximum Gasteiger partial charge on any atom is 2.00 e. The number of hydrogen-bond donors (Lipinski definition) is 2. The molecule has 2 heterocycles. The average molecular weight is 484 g/mol. The smallest absolute Gasteiger partial charge is 0.545 e. The SMILES string of the molecule is O=C([O-])c1cccc2c1[nH]c1ccccc12.O=C([O-])c1cccc2c1[nH]c1ccccc12.[Cu+2]. The van der Waals surface area contributed by atoms with E-state index in [1.165, 1.54) is 0 Å². The molecule has 0 aliphatic carbocycles. The second-order valence-corrected chi connectivity index (χ2v) is 7.37. The summed E-state index contributed by atoms with van der Waals surface area (Å²) in [6, 6.07) is 25.8. The number of carbonyl (C=O) groups is 2. The molecular formula is C26H16CuN2O4. The molecule has 1 radical (unpaired) electrons. The molecule has 0 aliphatic heterocycles. The molecular weight excluding hydrogens is 468 g/mol. The molecule has 33 heavy (non-hydrogen) atoms. The van der Waals surface area contributed by atoms with E-state index in [9.17, 15) is 19.8 Å². The molecule has 165 valence electrons. The molecule has 0 saturated carbocycles. The molecule has 2 aromatic heterocycles. The van der Waals surface area contributed by atoms with Gasteiger partial charge in [0.25, 0.3) is 0 Å². The van der Waals surface area contributed by atoms with Gasteiger partial charge in [0.2, 0.25) is 0 Å². The van der Waals surface area contributed by atoms with Crippen LogP contribution < -0.4 is 10.2 Å². The number of fused-ring (bicyclic) bond motifs is 6. The van der Waals surface area contributed by atoms with Crippen molar-refractivity contribution in [2.24, 2.45) is 0 Å². The van der Waals surface area contributed by atoms with E-state index >= 15 is 0 Å².